The second kappa shape index (κ2) is 2.95. The normalized spacial score (nSPS) is 18.3. The van der Waals surface area contributed by atoms with Crippen LogP contribution in [0.2, 0.25) is 0 Å². The lowest BCUT2D eigenvalue weighted by molar-refractivity contribution is 0.586. The average molecular weight is 226 g/mol. The lowest BCUT2D eigenvalue weighted by Gasteiger charge is -2.18. The fourth-order valence-corrected chi connectivity index (χ4v) is 2.69. The van der Waals surface area contributed by atoms with Crippen LogP contribution in [0.4, 0.5) is 5.82 Å². The maximum atomic E-state index is 11.3. The smallest absolute Gasteiger partial charge is 0.238 e. The van der Waals surface area contributed by atoms with Crippen LogP contribution in [0.1, 0.15) is 31.9 Å². The van der Waals surface area contributed by atoms with Gasteiger partial charge in [0, 0.05) is 11.8 Å². The molecule has 1 aliphatic heterocycles. The van der Waals surface area contributed by atoms with Crippen molar-refractivity contribution in [3.05, 3.63) is 23.4 Å². The predicted octanol–water partition coefficient (Wildman–Crippen LogP) is 1.63. The lowest BCUT2D eigenvalue weighted by Crippen LogP contribution is -2.11. The highest BCUT2D eigenvalue weighted by atomic mass is 32.2. The van der Waals surface area contributed by atoms with Gasteiger partial charge in [-0.1, -0.05) is 20.8 Å². The molecule has 1 aromatic heterocycles. The lowest BCUT2D eigenvalue weighted by atomic mass is 9.88. The molecule has 0 spiro atoms. The number of nitrogens with one attached hydrogen (secondary N) is 1. The van der Waals surface area contributed by atoms with Gasteiger partial charge in [-0.25, -0.2) is 13.4 Å². The summed E-state index contributed by atoms with van der Waals surface area (Å²) < 4.78 is 25.0. The molecule has 2 heterocycles. The number of fused-ring (bicyclic) bond motifs is 1. The largest absolute Gasteiger partial charge is 0.267 e. The van der Waals surface area contributed by atoms with E-state index in [9.17, 15) is 8.42 Å². The van der Waals surface area contributed by atoms with Crippen LogP contribution in [-0.2, 0) is 21.2 Å². The van der Waals surface area contributed by atoms with E-state index in [2.05, 4.69) is 30.5 Å². The molecule has 0 fully saturated rings. The van der Waals surface area contributed by atoms with Gasteiger partial charge >= 0.3 is 0 Å². The van der Waals surface area contributed by atoms with Crippen LogP contribution in [0.15, 0.2) is 12.3 Å². The quantitative estimate of drug-likeness (QED) is 0.731. The van der Waals surface area contributed by atoms with E-state index in [0.717, 1.165) is 11.1 Å². The van der Waals surface area contributed by atoms with E-state index in [-0.39, 0.29) is 11.2 Å². The molecule has 0 radical (unpaired) electrons. The molecule has 0 amide bonds. The summed E-state index contributed by atoms with van der Waals surface area (Å²) in [5, 5.41) is 0. The molecule has 1 aliphatic rings. The van der Waals surface area contributed by atoms with Gasteiger partial charge in [0.2, 0.25) is 10.0 Å². The Morgan fingerprint density at radius 2 is 2.07 bits per heavy atom. The standard InChI is InChI=1S/C10H14N2O2S/c1-10(2,3)8-4-7-6-15(13,14)12-9(7)11-5-8/h4-5H,6H2,1-3H3,(H,11,12). The van der Waals surface area contributed by atoms with Crippen LogP contribution in [0.3, 0.4) is 0 Å². The number of rotatable bonds is 0. The monoisotopic (exact) mass is 226 g/mol. The van der Waals surface area contributed by atoms with E-state index in [0.29, 0.717) is 5.82 Å². The Morgan fingerprint density at radius 3 is 2.67 bits per heavy atom. The Balaban J connectivity index is 2.48. The molecule has 0 unspecified atom stereocenters. The molecule has 2 rings (SSSR count). The average Bonchev–Trinajstić information content (AvgIpc) is 2.34. The molecular formula is C10H14N2O2S. The van der Waals surface area contributed by atoms with Gasteiger partial charge in [-0.05, 0) is 17.0 Å². The summed E-state index contributed by atoms with van der Waals surface area (Å²) in [6.45, 7) is 6.23. The second-order valence-corrected chi connectivity index (χ2v) is 6.57. The van der Waals surface area contributed by atoms with Gasteiger partial charge < -0.3 is 0 Å². The Hall–Kier alpha value is -1.10. The topological polar surface area (TPSA) is 59.1 Å². The Kier molecular flexibility index (Phi) is 2.05. The van der Waals surface area contributed by atoms with Crippen LogP contribution in [0.5, 0.6) is 0 Å². The number of hydrogen-bond acceptors (Lipinski definition) is 3. The molecule has 0 aromatic carbocycles. The molecule has 0 atom stereocenters. The Morgan fingerprint density at radius 1 is 1.40 bits per heavy atom. The highest BCUT2D eigenvalue weighted by Crippen LogP contribution is 2.29. The van der Waals surface area contributed by atoms with Gasteiger partial charge in [0.05, 0.1) is 5.75 Å². The van der Waals surface area contributed by atoms with Crippen molar-refractivity contribution >= 4 is 15.8 Å². The van der Waals surface area contributed by atoms with Crippen LogP contribution < -0.4 is 4.72 Å². The minimum atomic E-state index is -3.18. The van der Waals surface area contributed by atoms with Gasteiger partial charge in [-0.2, -0.15) is 0 Å². The van der Waals surface area contributed by atoms with E-state index in [1.165, 1.54) is 0 Å². The first-order valence-electron chi connectivity index (χ1n) is 4.78. The zero-order valence-electron chi connectivity index (χ0n) is 9.03. The Bertz CT molecular complexity index is 501. The third-order valence-corrected chi connectivity index (χ3v) is 3.63. The summed E-state index contributed by atoms with van der Waals surface area (Å²) >= 11 is 0. The summed E-state index contributed by atoms with van der Waals surface area (Å²) in [5.74, 6) is 0.516. The van der Waals surface area contributed by atoms with Crippen LogP contribution in [0, 0.1) is 0 Å². The van der Waals surface area contributed by atoms with Gasteiger partial charge in [0.1, 0.15) is 5.82 Å². The van der Waals surface area contributed by atoms with E-state index < -0.39 is 10.0 Å². The van der Waals surface area contributed by atoms with Crippen molar-refractivity contribution in [1.82, 2.24) is 4.98 Å². The van der Waals surface area contributed by atoms with Gasteiger partial charge in [0.15, 0.2) is 0 Å². The van der Waals surface area contributed by atoms with Crippen LogP contribution >= 0.6 is 0 Å². The second-order valence-electron chi connectivity index (χ2n) is 4.84. The number of hydrogen-bond donors (Lipinski definition) is 1. The summed E-state index contributed by atoms with van der Waals surface area (Å²) in [5.41, 5.74) is 1.82. The van der Waals surface area contributed by atoms with Crippen molar-refractivity contribution in [3.63, 3.8) is 0 Å². The summed E-state index contributed by atoms with van der Waals surface area (Å²) in [4.78, 5) is 4.13. The van der Waals surface area contributed by atoms with Crippen molar-refractivity contribution < 1.29 is 8.42 Å². The van der Waals surface area contributed by atoms with Crippen LogP contribution in [0.25, 0.3) is 0 Å². The van der Waals surface area contributed by atoms with Crippen molar-refractivity contribution in [1.29, 1.82) is 0 Å². The van der Waals surface area contributed by atoms with Gasteiger partial charge in [0.25, 0.3) is 0 Å². The molecule has 0 saturated carbocycles. The van der Waals surface area contributed by atoms with Gasteiger partial charge in [-0.3, -0.25) is 4.72 Å². The number of sulfonamides is 1. The van der Waals surface area contributed by atoms with Crippen molar-refractivity contribution in [2.24, 2.45) is 0 Å². The first-order chi connectivity index (χ1) is 6.78. The highest BCUT2D eigenvalue weighted by molar-refractivity contribution is 7.92. The summed E-state index contributed by atoms with van der Waals surface area (Å²) in [6, 6.07) is 1.92. The highest BCUT2D eigenvalue weighted by Gasteiger charge is 2.26. The third kappa shape index (κ3) is 1.97. The Labute approximate surface area is 89.8 Å². The molecule has 0 bridgehead atoms. The molecule has 15 heavy (non-hydrogen) atoms. The number of aromatic nitrogens is 1. The van der Waals surface area contributed by atoms with Crippen molar-refractivity contribution in [2.45, 2.75) is 31.9 Å². The number of anilines is 1. The number of nitrogens with zero attached hydrogens (tertiary/aromatic N) is 1. The molecule has 5 heteroatoms. The molecular weight excluding hydrogens is 212 g/mol. The van der Waals surface area contributed by atoms with E-state index in [4.69, 9.17) is 0 Å². The molecule has 0 aliphatic carbocycles. The SMILES string of the molecule is CC(C)(C)c1cnc2c(c1)CS(=O)(=O)N2. The fraction of sp³-hybridized carbons (Fsp3) is 0.500. The van der Waals surface area contributed by atoms with E-state index >= 15 is 0 Å². The van der Waals surface area contributed by atoms with Crippen LogP contribution in [-0.4, -0.2) is 13.4 Å². The number of pyridine rings is 1. The zero-order valence-corrected chi connectivity index (χ0v) is 9.85. The molecule has 1 N–H and O–H groups in total. The first-order valence-corrected chi connectivity index (χ1v) is 6.43. The summed E-state index contributed by atoms with van der Waals surface area (Å²) in [7, 11) is -3.18. The maximum absolute atomic E-state index is 11.3. The van der Waals surface area contributed by atoms with E-state index in [1.807, 2.05) is 6.07 Å². The minimum absolute atomic E-state index is 0.00557. The predicted molar refractivity (Wildman–Crippen MR) is 59.2 cm³/mol. The first kappa shape index (κ1) is 10.4. The van der Waals surface area contributed by atoms with Gasteiger partial charge in [-0.15, -0.1) is 0 Å². The fourth-order valence-electron chi connectivity index (χ4n) is 1.51. The molecule has 1 aromatic rings. The third-order valence-electron chi connectivity index (χ3n) is 2.43. The zero-order chi connectivity index (χ0) is 11.3. The molecule has 4 nitrogen and oxygen atoms in total. The summed E-state index contributed by atoms with van der Waals surface area (Å²) in [6.07, 6.45) is 1.73. The maximum Gasteiger partial charge on any atom is 0.238 e. The molecule has 82 valence electrons. The molecule has 0 saturated heterocycles. The van der Waals surface area contributed by atoms with E-state index in [1.54, 1.807) is 6.20 Å². The van der Waals surface area contributed by atoms with Crippen molar-refractivity contribution in [2.75, 3.05) is 4.72 Å². The van der Waals surface area contributed by atoms with Crippen molar-refractivity contribution in [3.8, 4) is 0 Å². The minimum Gasteiger partial charge on any atom is -0.267 e.